The van der Waals surface area contributed by atoms with E-state index in [1.54, 1.807) is 7.11 Å². The second-order valence-corrected chi connectivity index (χ2v) is 4.10. The van der Waals surface area contributed by atoms with Crippen molar-refractivity contribution in [3.05, 3.63) is 23.8 Å². The topological polar surface area (TPSA) is 44.5 Å². The van der Waals surface area contributed by atoms with Crippen LogP contribution in [-0.4, -0.2) is 19.3 Å². The van der Waals surface area contributed by atoms with Crippen LogP contribution in [0, 0.1) is 6.92 Å². The van der Waals surface area contributed by atoms with Gasteiger partial charge in [-0.25, -0.2) is 0 Å². The summed E-state index contributed by atoms with van der Waals surface area (Å²) in [6.07, 6.45) is 2.19. The number of methoxy groups -OCH3 is 1. The first-order chi connectivity index (χ1) is 7.19. The van der Waals surface area contributed by atoms with Crippen LogP contribution in [0.2, 0.25) is 0 Å². The maximum absolute atomic E-state index is 5.76. The lowest BCUT2D eigenvalue weighted by Gasteiger charge is -2.32. The van der Waals surface area contributed by atoms with Crippen molar-refractivity contribution in [3.8, 4) is 11.5 Å². The van der Waals surface area contributed by atoms with Crippen LogP contribution in [0.15, 0.2) is 18.2 Å². The Labute approximate surface area is 90.2 Å². The lowest BCUT2D eigenvalue weighted by Crippen LogP contribution is -2.43. The van der Waals surface area contributed by atoms with E-state index in [9.17, 15) is 0 Å². The van der Waals surface area contributed by atoms with Gasteiger partial charge >= 0.3 is 0 Å². The standard InChI is InChI=1S/C12H17NO2/c1-8-3-4-10(7-12(8)14-2)15-11-5-9(13)6-11/h3-4,7,9,11H,5-6,13H2,1-2H3. The molecule has 1 saturated carbocycles. The predicted molar refractivity (Wildman–Crippen MR) is 59.4 cm³/mol. The van der Waals surface area contributed by atoms with Gasteiger partial charge in [0.15, 0.2) is 0 Å². The highest BCUT2D eigenvalue weighted by molar-refractivity contribution is 5.39. The van der Waals surface area contributed by atoms with Crippen molar-refractivity contribution < 1.29 is 9.47 Å². The zero-order valence-electron chi connectivity index (χ0n) is 9.19. The summed E-state index contributed by atoms with van der Waals surface area (Å²) >= 11 is 0. The quantitative estimate of drug-likeness (QED) is 0.823. The van der Waals surface area contributed by atoms with Gasteiger partial charge in [0.2, 0.25) is 0 Å². The molecule has 0 amide bonds. The molecule has 2 rings (SSSR count). The Morgan fingerprint density at radius 3 is 2.67 bits per heavy atom. The van der Waals surface area contributed by atoms with Crippen LogP contribution in [-0.2, 0) is 0 Å². The van der Waals surface area contributed by atoms with Gasteiger partial charge in [0.25, 0.3) is 0 Å². The van der Waals surface area contributed by atoms with Gasteiger partial charge in [-0.05, 0) is 31.4 Å². The number of rotatable bonds is 3. The smallest absolute Gasteiger partial charge is 0.125 e. The highest BCUT2D eigenvalue weighted by atomic mass is 16.5. The molecule has 1 aliphatic carbocycles. The Bertz CT molecular complexity index is 345. The Hall–Kier alpha value is -1.22. The maximum atomic E-state index is 5.76. The number of hydrogen-bond acceptors (Lipinski definition) is 3. The lowest BCUT2D eigenvalue weighted by molar-refractivity contribution is 0.101. The minimum absolute atomic E-state index is 0.285. The fourth-order valence-electron chi connectivity index (χ4n) is 1.77. The molecule has 1 aliphatic rings. The number of ether oxygens (including phenoxy) is 2. The van der Waals surface area contributed by atoms with E-state index in [1.807, 2.05) is 25.1 Å². The third-order valence-corrected chi connectivity index (χ3v) is 2.81. The van der Waals surface area contributed by atoms with Gasteiger partial charge in [-0.2, -0.15) is 0 Å². The number of benzene rings is 1. The van der Waals surface area contributed by atoms with Gasteiger partial charge in [-0.1, -0.05) is 6.07 Å². The van der Waals surface area contributed by atoms with E-state index >= 15 is 0 Å². The van der Waals surface area contributed by atoms with Crippen LogP contribution in [0.3, 0.4) is 0 Å². The van der Waals surface area contributed by atoms with Crippen molar-refractivity contribution in [1.82, 2.24) is 0 Å². The zero-order valence-corrected chi connectivity index (χ0v) is 9.19. The normalized spacial score (nSPS) is 24.5. The van der Waals surface area contributed by atoms with Crippen LogP contribution in [0.1, 0.15) is 18.4 Å². The van der Waals surface area contributed by atoms with Crippen LogP contribution >= 0.6 is 0 Å². The summed E-state index contributed by atoms with van der Waals surface area (Å²) in [4.78, 5) is 0. The molecule has 0 unspecified atom stereocenters. The predicted octanol–water partition coefficient (Wildman–Crippen LogP) is 1.87. The number of nitrogens with two attached hydrogens (primary N) is 1. The number of hydrogen-bond donors (Lipinski definition) is 1. The summed E-state index contributed by atoms with van der Waals surface area (Å²) < 4.78 is 11.0. The highest BCUT2D eigenvalue weighted by Gasteiger charge is 2.27. The Balaban J connectivity index is 2.02. The van der Waals surface area contributed by atoms with Crippen molar-refractivity contribution in [3.63, 3.8) is 0 Å². The molecule has 3 nitrogen and oxygen atoms in total. The van der Waals surface area contributed by atoms with Gasteiger partial charge in [-0.15, -0.1) is 0 Å². The van der Waals surface area contributed by atoms with Crippen LogP contribution in [0.4, 0.5) is 0 Å². The summed E-state index contributed by atoms with van der Waals surface area (Å²) in [5.41, 5.74) is 6.82. The Morgan fingerprint density at radius 2 is 2.07 bits per heavy atom. The molecule has 2 N–H and O–H groups in total. The molecule has 3 heteroatoms. The van der Waals surface area contributed by atoms with Crippen LogP contribution < -0.4 is 15.2 Å². The summed E-state index contributed by atoms with van der Waals surface area (Å²) in [6, 6.07) is 6.23. The largest absolute Gasteiger partial charge is 0.496 e. The zero-order chi connectivity index (χ0) is 10.8. The molecule has 0 spiro atoms. The summed E-state index contributed by atoms with van der Waals surface area (Å²) in [5, 5.41) is 0. The first-order valence-electron chi connectivity index (χ1n) is 5.26. The van der Waals surface area contributed by atoms with Crippen molar-refractivity contribution >= 4 is 0 Å². The Morgan fingerprint density at radius 1 is 1.33 bits per heavy atom. The molecule has 1 aromatic rings. The van der Waals surface area contributed by atoms with Gasteiger partial charge < -0.3 is 15.2 Å². The number of aryl methyl sites for hydroxylation is 1. The van der Waals surface area contributed by atoms with Crippen molar-refractivity contribution in [2.75, 3.05) is 7.11 Å². The molecule has 0 radical (unpaired) electrons. The molecule has 0 heterocycles. The average Bonchev–Trinajstić information content (AvgIpc) is 2.18. The second-order valence-electron chi connectivity index (χ2n) is 4.10. The lowest BCUT2D eigenvalue weighted by atomic mass is 9.90. The molecular weight excluding hydrogens is 190 g/mol. The highest BCUT2D eigenvalue weighted by Crippen LogP contribution is 2.28. The molecule has 0 bridgehead atoms. The van der Waals surface area contributed by atoms with E-state index < -0.39 is 0 Å². The molecule has 0 aromatic heterocycles. The summed E-state index contributed by atoms with van der Waals surface area (Å²) in [5.74, 6) is 1.74. The van der Waals surface area contributed by atoms with E-state index in [0.29, 0.717) is 6.04 Å². The van der Waals surface area contributed by atoms with Gasteiger partial charge in [0.1, 0.15) is 17.6 Å². The molecule has 82 valence electrons. The van der Waals surface area contributed by atoms with E-state index in [1.165, 1.54) is 0 Å². The molecule has 1 aromatic carbocycles. The van der Waals surface area contributed by atoms with Crippen molar-refractivity contribution in [2.24, 2.45) is 5.73 Å². The van der Waals surface area contributed by atoms with E-state index in [-0.39, 0.29) is 6.10 Å². The molecule has 0 atom stereocenters. The van der Waals surface area contributed by atoms with Crippen molar-refractivity contribution in [1.29, 1.82) is 0 Å². The second kappa shape index (κ2) is 4.11. The summed E-state index contributed by atoms with van der Waals surface area (Å²) in [6.45, 7) is 2.02. The molecular formula is C12H17NO2. The monoisotopic (exact) mass is 207 g/mol. The minimum atomic E-state index is 0.285. The van der Waals surface area contributed by atoms with Gasteiger partial charge in [0, 0.05) is 12.1 Å². The maximum Gasteiger partial charge on any atom is 0.125 e. The van der Waals surface area contributed by atoms with Gasteiger partial charge in [0.05, 0.1) is 7.11 Å². The van der Waals surface area contributed by atoms with E-state index in [2.05, 4.69) is 0 Å². The SMILES string of the molecule is COc1cc(OC2CC(N)C2)ccc1C. The molecule has 0 saturated heterocycles. The minimum Gasteiger partial charge on any atom is -0.496 e. The van der Waals surface area contributed by atoms with E-state index in [4.69, 9.17) is 15.2 Å². The summed E-state index contributed by atoms with van der Waals surface area (Å²) in [7, 11) is 1.67. The fraction of sp³-hybridized carbons (Fsp3) is 0.500. The first kappa shape index (κ1) is 10.3. The average molecular weight is 207 g/mol. The van der Waals surface area contributed by atoms with Crippen LogP contribution in [0.25, 0.3) is 0 Å². The first-order valence-corrected chi connectivity index (χ1v) is 5.26. The van der Waals surface area contributed by atoms with Crippen molar-refractivity contribution in [2.45, 2.75) is 31.9 Å². The molecule has 0 aliphatic heterocycles. The third-order valence-electron chi connectivity index (χ3n) is 2.81. The van der Waals surface area contributed by atoms with Gasteiger partial charge in [-0.3, -0.25) is 0 Å². The van der Waals surface area contributed by atoms with E-state index in [0.717, 1.165) is 29.9 Å². The molecule has 15 heavy (non-hydrogen) atoms. The van der Waals surface area contributed by atoms with Crippen LogP contribution in [0.5, 0.6) is 11.5 Å². The molecule has 1 fully saturated rings. The fourth-order valence-corrected chi connectivity index (χ4v) is 1.77. The third kappa shape index (κ3) is 2.23. The Kier molecular flexibility index (Phi) is 2.82.